The summed E-state index contributed by atoms with van der Waals surface area (Å²) in [7, 11) is 1.57. The van der Waals surface area contributed by atoms with Crippen LogP contribution in [-0.4, -0.2) is 24.0 Å². The highest BCUT2D eigenvalue weighted by Crippen LogP contribution is 2.30. The zero-order chi connectivity index (χ0) is 20.1. The van der Waals surface area contributed by atoms with Crippen LogP contribution in [0.1, 0.15) is 6.42 Å². The first-order valence-electron chi connectivity index (χ1n) is 8.09. The number of aromatic nitrogens is 2. The standard InChI is InChI=1S/C18H15Cl2N3O4S/c1-26-12-7-5-11(6-8-12)23-17(18(25)27-22-23)28-10-9-15(24)21-14-4-2-3-13(19)16(14)20/h2-8H,9-10H2,1H3,(H-,21,22,24,25). The Kier molecular flexibility index (Phi) is 6.66. The topological polar surface area (TPSA) is 91.3 Å². The third kappa shape index (κ3) is 4.70. The normalized spacial score (nSPS) is 10.7. The number of carbonyl (C=O) groups excluding carboxylic acids is 1. The number of anilines is 1. The molecule has 0 aliphatic heterocycles. The molecule has 2 aromatic carbocycles. The number of rotatable bonds is 7. The van der Waals surface area contributed by atoms with Gasteiger partial charge in [0.15, 0.2) is 5.95 Å². The van der Waals surface area contributed by atoms with Gasteiger partial charge in [0.05, 0.1) is 28.1 Å². The van der Waals surface area contributed by atoms with E-state index in [1.54, 1.807) is 49.6 Å². The Balaban J connectivity index is 1.62. The Bertz CT molecular complexity index is 979. The average molecular weight is 440 g/mol. The maximum atomic E-state index is 12.2. The van der Waals surface area contributed by atoms with E-state index in [4.69, 9.17) is 32.5 Å². The molecule has 1 aromatic heterocycles. The van der Waals surface area contributed by atoms with Gasteiger partial charge in [-0.25, -0.2) is 0 Å². The molecule has 28 heavy (non-hydrogen) atoms. The molecular weight excluding hydrogens is 425 g/mol. The van der Waals surface area contributed by atoms with Gasteiger partial charge in [-0.05, 0) is 28.9 Å². The van der Waals surface area contributed by atoms with Crippen LogP contribution in [0.15, 0.2) is 52.0 Å². The summed E-state index contributed by atoms with van der Waals surface area (Å²) >= 11 is 13.2. The first kappa shape index (κ1) is 20.3. The van der Waals surface area contributed by atoms with E-state index in [0.717, 1.165) is 0 Å². The number of methoxy groups -OCH3 is 1. The van der Waals surface area contributed by atoms with Crippen LogP contribution in [0.3, 0.4) is 0 Å². The van der Waals surface area contributed by atoms with Crippen LogP contribution in [0.25, 0.3) is 5.69 Å². The lowest BCUT2D eigenvalue weighted by Crippen LogP contribution is -2.34. The first-order valence-corrected chi connectivity index (χ1v) is 9.84. The Morgan fingerprint density at radius 1 is 1.29 bits per heavy atom. The van der Waals surface area contributed by atoms with Crippen molar-refractivity contribution in [2.75, 3.05) is 18.2 Å². The van der Waals surface area contributed by atoms with Crippen molar-refractivity contribution >= 4 is 46.6 Å². The summed E-state index contributed by atoms with van der Waals surface area (Å²) < 4.78 is 11.3. The number of nitrogens with one attached hydrogen (secondary N) is 1. The van der Waals surface area contributed by atoms with E-state index in [1.165, 1.54) is 16.4 Å². The summed E-state index contributed by atoms with van der Waals surface area (Å²) in [5.74, 6) is 0.202. The Morgan fingerprint density at radius 2 is 2.04 bits per heavy atom. The summed E-state index contributed by atoms with van der Waals surface area (Å²) in [6.45, 7) is 0. The predicted molar refractivity (Wildman–Crippen MR) is 104 cm³/mol. The molecule has 3 rings (SSSR count). The summed E-state index contributed by atoms with van der Waals surface area (Å²) in [5.41, 5.74) is 1.08. The van der Waals surface area contributed by atoms with Crippen LogP contribution in [0, 0.1) is 0 Å². The molecule has 0 bridgehead atoms. The van der Waals surface area contributed by atoms with Crippen molar-refractivity contribution in [3.63, 3.8) is 0 Å². The largest absolute Gasteiger partial charge is 0.538 e. The monoisotopic (exact) mass is 439 g/mol. The molecule has 0 unspecified atom stereocenters. The van der Waals surface area contributed by atoms with Crippen molar-refractivity contribution < 1.29 is 23.8 Å². The molecule has 0 aliphatic rings. The number of ether oxygens (including phenoxy) is 1. The fourth-order valence-corrected chi connectivity index (χ4v) is 3.55. The van der Waals surface area contributed by atoms with E-state index in [0.29, 0.717) is 27.9 Å². The summed E-state index contributed by atoms with van der Waals surface area (Å²) in [6.07, 6.45) is 0.154. The number of amides is 1. The number of nitrogens with zero attached hydrogens (tertiary/aromatic N) is 2. The molecule has 0 spiro atoms. The van der Waals surface area contributed by atoms with Gasteiger partial charge in [-0.15, -0.1) is 0 Å². The van der Waals surface area contributed by atoms with Gasteiger partial charge < -0.3 is 19.7 Å². The van der Waals surface area contributed by atoms with E-state index in [-0.39, 0.29) is 22.4 Å². The van der Waals surface area contributed by atoms with Gasteiger partial charge in [0.1, 0.15) is 5.75 Å². The summed E-state index contributed by atoms with van der Waals surface area (Å²) in [6, 6.07) is 12.0. The molecule has 1 amide bonds. The number of benzene rings is 2. The minimum absolute atomic E-state index is 0.154. The molecule has 1 N–H and O–H groups in total. The van der Waals surface area contributed by atoms with E-state index in [2.05, 4.69) is 10.6 Å². The lowest BCUT2D eigenvalue weighted by atomic mass is 10.3. The van der Waals surface area contributed by atoms with Crippen LogP contribution in [0.5, 0.6) is 11.7 Å². The Hall–Kier alpha value is -2.42. The van der Waals surface area contributed by atoms with E-state index < -0.39 is 5.95 Å². The second kappa shape index (κ2) is 9.18. The second-order valence-electron chi connectivity index (χ2n) is 5.52. The minimum Gasteiger partial charge on any atom is -0.538 e. The maximum absolute atomic E-state index is 12.2. The van der Waals surface area contributed by atoms with Crippen LogP contribution >= 0.6 is 35.0 Å². The zero-order valence-corrected chi connectivity index (χ0v) is 17.0. The molecule has 3 aromatic rings. The van der Waals surface area contributed by atoms with Crippen molar-refractivity contribution in [3.8, 4) is 17.4 Å². The molecule has 1 heterocycles. The van der Waals surface area contributed by atoms with Crippen LogP contribution in [-0.2, 0) is 4.79 Å². The second-order valence-corrected chi connectivity index (χ2v) is 7.39. The molecular formula is C18H15Cl2N3O4S. The molecule has 0 saturated carbocycles. The lowest BCUT2D eigenvalue weighted by molar-refractivity contribution is -0.705. The highest BCUT2D eigenvalue weighted by molar-refractivity contribution is 7.99. The predicted octanol–water partition coefficient (Wildman–Crippen LogP) is 3.46. The highest BCUT2D eigenvalue weighted by Gasteiger charge is 2.21. The Morgan fingerprint density at radius 3 is 2.75 bits per heavy atom. The third-order valence-corrected chi connectivity index (χ3v) is 5.52. The van der Waals surface area contributed by atoms with Gasteiger partial charge in [0, 0.05) is 24.3 Å². The van der Waals surface area contributed by atoms with Crippen molar-refractivity contribution in [1.82, 2.24) is 5.27 Å². The minimum atomic E-state index is -0.570. The maximum Gasteiger partial charge on any atom is 0.297 e. The summed E-state index contributed by atoms with van der Waals surface area (Å²) in [4.78, 5) is 12.2. The van der Waals surface area contributed by atoms with E-state index >= 15 is 0 Å². The van der Waals surface area contributed by atoms with Crippen LogP contribution in [0.2, 0.25) is 10.0 Å². The van der Waals surface area contributed by atoms with Crippen molar-refractivity contribution in [2.45, 2.75) is 11.4 Å². The quantitative estimate of drug-likeness (QED) is 0.447. The molecule has 0 aliphatic carbocycles. The van der Waals surface area contributed by atoms with E-state index in [9.17, 15) is 9.90 Å². The fraction of sp³-hybridized carbons (Fsp3) is 0.167. The van der Waals surface area contributed by atoms with Gasteiger partial charge >= 0.3 is 0 Å². The highest BCUT2D eigenvalue weighted by atomic mass is 35.5. The van der Waals surface area contributed by atoms with Crippen LogP contribution < -0.4 is 19.8 Å². The van der Waals surface area contributed by atoms with Gasteiger partial charge in [0.25, 0.3) is 5.03 Å². The SMILES string of the molecule is COc1ccc(-[n+]2noc([O-])c2SCCC(=O)Nc2cccc(Cl)c2Cl)cc1. The zero-order valence-electron chi connectivity index (χ0n) is 14.6. The van der Waals surface area contributed by atoms with Crippen molar-refractivity contribution in [2.24, 2.45) is 0 Å². The molecule has 0 saturated heterocycles. The average Bonchev–Trinajstić information content (AvgIpc) is 3.06. The molecule has 0 fully saturated rings. The Labute approximate surface area is 175 Å². The van der Waals surface area contributed by atoms with Crippen molar-refractivity contribution in [1.29, 1.82) is 0 Å². The molecule has 10 heteroatoms. The van der Waals surface area contributed by atoms with Gasteiger partial charge in [-0.3, -0.25) is 4.79 Å². The molecule has 0 radical (unpaired) electrons. The summed E-state index contributed by atoms with van der Waals surface area (Å²) in [5, 5.41) is 19.3. The first-order chi connectivity index (χ1) is 13.5. The fourth-order valence-electron chi connectivity index (χ4n) is 2.30. The smallest absolute Gasteiger partial charge is 0.297 e. The molecule has 0 atom stereocenters. The van der Waals surface area contributed by atoms with Gasteiger partial charge in [-0.1, -0.05) is 41.0 Å². The number of hydrogen-bond donors (Lipinski definition) is 1. The molecule has 146 valence electrons. The number of thioether (sulfide) groups is 1. The van der Waals surface area contributed by atoms with Crippen LogP contribution in [0.4, 0.5) is 5.69 Å². The van der Waals surface area contributed by atoms with E-state index in [1.807, 2.05) is 0 Å². The number of halogens is 2. The lowest BCUT2D eigenvalue weighted by Gasteiger charge is -2.07. The number of hydrogen-bond acceptors (Lipinski definition) is 6. The van der Waals surface area contributed by atoms with Gasteiger partial charge in [-0.2, -0.15) is 0 Å². The third-order valence-electron chi connectivity index (χ3n) is 3.68. The molecule has 7 nitrogen and oxygen atoms in total. The van der Waals surface area contributed by atoms with Crippen molar-refractivity contribution in [3.05, 3.63) is 52.5 Å². The van der Waals surface area contributed by atoms with Gasteiger partial charge in [0.2, 0.25) is 11.6 Å². The number of carbonyl (C=O) groups is 1.